The van der Waals surface area contributed by atoms with Crippen LogP contribution in [0.1, 0.15) is 0 Å². The number of hydrogen-bond acceptors (Lipinski definition) is 3. The van der Waals surface area contributed by atoms with Crippen LogP contribution in [0.15, 0.2) is 18.2 Å². The number of fused-ring (bicyclic) bond motifs is 3. The van der Waals surface area contributed by atoms with Crippen molar-refractivity contribution in [2.45, 2.75) is 6.04 Å². The highest BCUT2D eigenvalue weighted by molar-refractivity contribution is 6.30. The van der Waals surface area contributed by atoms with E-state index in [0.29, 0.717) is 6.04 Å². The van der Waals surface area contributed by atoms with Gasteiger partial charge in [0, 0.05) is 30.7 Å². The quantitative estimate of drug-likeness (QED) is 0.723. The molecule has 0 aliphatic carbocycles. The van der Waals surface area contributed by atoms with Gasteiger partial charge in [0.1, 0.15) is 12.4 Å². The molecule has 1 aromatic rings. The zero-order valence-electron chi connectivity index (χ0n) is 8.37. The molecule has 0 spiro atoms. The third kappa shape index (κ3) is 1.56. The smallest absolute Gasteiger partial charge is 0.144 e. The van der Waals surface area contributed by atoms with Gasteiger partial charge in [0.05, 0.1) is 11.7 Å². The Morgan fingerprint density at radius 3 is 3.33 bits per heavy atom. The van der Waals surface area contributed by atoms with Crippen molar-refractivity contribution in [2.24, 2.45) is 0 Å². The molecule has 3 nitrogen and oxygen atoms in total. The first-order valence-corrected chi connectivity index (χ1v) is 5.62. The number of nitrogens with one attached hydrogen (secondary N) is 1. The lowest BCUT2D eigenvalue weighted by atomic mass is 10.1. The summed E-state index contributed by atoms with van der Waals surface area (Å²) >= 11 is 5.94. The van der Waals surface area contributed by atoms with Crippen molar-refractivity contribution in [2.75, 3.05) is 31.1 Å². The van der Waals surface area contributed by atoms with E-state index in [0.717, 1.165) is 37.0 Å². The van der Waals surface area contributed by atoms with Gasteiger partial charge in [0.25, 0.3) is 0 Å². The van der Waals surface area contributed by atoms with Gasteiger partial charge in [0.2, 0.25) is 0 Å². The fraction of sp³-hybridized carbons (Fsp3) is 0.455. The number of halogens is 1. The fourth-order valence-corrected chi connectivity index (χ4v) is 2.42. The molecule has 4 heteroatoms. The summed E-state index contributed by atoms with van der Waals surface area (Å²) in [7, 11) is 0. The van der Waals surface area contributed by atoms with Crippen LogP contribution in [0.3, 0.4) is 0 Å². The molecule has 0 bridgehead atoms. The molecule has 1 unspecified atom stereocenters. The summed E-state index contributed by atoms with van der Waals surface area (Å²) in [4.78, 5) is 2.41. The molecule has 2 aliphatic heterocycles. The Balaban J connectivity index is 1.99. The van der Waals surface area contributed by atoms with E-state index in [1.54, 1.807) is 0 Å². The van der Waals surface area contributed by atoms with Crippen molar-refractivity contribution in [1.29, 1.82) is 0 Å². The Morgan fingerprint density at radius 2 is 2.40 bits per heavy atom. The number of piperazine rings is 1. The van der Waals surface area contributed by atoms with E-state index in [2.05, 4.69) is 16.3 Å². The summed E-state index contributed by atoms with van der Waals surface area (Å²) in [5.41, 5.74) is 1.18. The summed E-state index contributed by atoms with van der Waals surface area (Å²) in [6.07, 6.45) is 0. The number of hydrogen-bond donors (Lipinski definition) is 1. The molecule has 1 aromatic carbocycles. The molecule has 1 atom stereocenters. The van der Waals surface area contributed by atoms with E-state index < -0.39 is 0 Å². The second-order valence-corrected chi connectivity index (χ2v) is 4.41. The van der Waals surface area contributed by atoms with Crippen molar-refractivity contribution in [3.05, 3.63) is 23.2 Å². The van der Waals surface area contributed by atoms with Gasteiger partial charge in [-0.1, -0.05) is 11.6 Å². The maximum atomic E-state index is 5.94. The molecular weight excluding hydrogens is 212 g/mol. The van der Waals surface area contributed by atoms with Crippen LogP contribution in [-0.2, 0) is 0 Å². The van der Waals surface area contributed by atoms with Gasteiger partial charge in [-0.2, -0.15) is 0 Å². The molecule has 1 fully saturated rings. The minimum Gasteiger partial charge on any atom is -0.489 e. The first-order chi connectivity index (χ1) is 7.34. The van der Waals surface area contributed by atoms with E-state index in [-0.39, 0.29) is 0 Å². The van der Waals surface area contributed by atoms with Crippen LogP contribution in [0.5, 0.6) is 5.75 Å². The van der Waals surface area contributed by atoms with Crippen molar-refractivity contribution in [1.82, 2.24) is 5.32 Å². The average molecular weight is 225 g/mol. The maximum Gasteiger partial charge on any atom is 0.144 e. The minimum atomic E-state index is 0.465. The minimum absolute atomic E-state index is 0.465. The fourth-order valence-electron chi connectivity index (χ4n) is 2.25. The molecule has 0 radical (unpaired) electrons. The van der Waals surface area contributed by atoms with Crippen LogP contribution in [0, 0.1) is 0 Å². The summed E-state index contributed by atoms with van der Waals surface area (Å²) in [5.74, 6) is 0.917. The normalized spacial score (nSPS) is 24.1. The van der Waals surface area contributed by atoms with E-state index in [1.807, 2.05) is 12.1 Å². The van der Waals surface area contributed by atoms with Crippen LogP contribution >= 0.6 is 11.6 Å². The molecule has 80 valence electrons. The molecule has 1 saturated heterocycles. The molecule has 3 rings (SSSR count). The van der Waals surface area contributed by atoms with E-state index in [9.17, 15) is 0 Å². The first-order valence-electron chi connectivity index (χ1n) is 5.24. The largest absolute Gasteiger partial charge is 0.489 e. The molecule has 1 N–H and O–H groups in total. The average Bonchev–Trinajstić information content (AvgIpc) is 2.28. The number of rotatable bonds is 0. The van der Waals surface area contributed by atoms with Gasteiger partial charge >= 0.3 is 0 Å². The monoisotopic (exact) mass is 224 g/mol. The predicted octanol–water partition coefficient (Wildman–Crippen LogP) is 1.51. The molecular formula is C11H13ClN2O. The Kier molecular flexibility index (Phi) is 2.22. The van der Waals surface area contributed by atoms with Crippen LogP contribution in [0.25, 0.3) is 0 Å². The second-order valence-electron chi connectivity index (χ2n) is 3.97. The second kappa shape index (κ2) is 3.58. The standard InChI is InChI=1S/C11H13ClN2O/c12-8-1-2-10-11(5-8)15-7-9-6-13-3-4-14(9)10/h1-2,5,9,13H,3-4,6-7H2. The van der Waals surface area contributed by atoms with Gasteiger partial charge in [-0.25, -0.2) is 0 Å². The van der Waals surface area contributed by atoms with Gasteiger partial charge < -0.3 is 15.0 Å². The number of anilines is 1. The highest BCUT2D eigenvalue weighted by Gasteiger charge is 2.29. The highest BCUT2D eigenvalue weighted by Crippen LogP contribution is 2.36. The predicted molar refractivity (Wildman–Crippen MR) is 61.0 cm³/mol. The maximum absolute atomic E-state index is 5.94. The van der Waals surface area contributed by atoms with Crippen LogP contribution < -0.4 is 15.0 Å². The van der Waals surface area contributed by atoms with Crippen LogP contribution in [-0.4, -0.2) is 32.3 Å². The summed E-state index contributed by atoms with van der Waals surface area (Å²) in [5, 5.41) is 4.12. The van der Waals surface area contributed by atoms with Crippen molar-refractivity contribution < 1.29 is 4.74 Å². The van der Waals surface area contributed by atoms with E-state index in [1.165, 1.54) is 5.69 Å². The Bertz CT molecular complexity index is 383. The SMILES string of the molecule is Clc1ccc2c(c1)OCC1CNCCN21. The lowest BCUT2D eigenvalue weighted by Crippen LogP contribution is -2.55. The number of nitrogens with zero attached hydrogens (tertiary/aromatic N) is 1. The third-order valence-electron chi connectivity index (χ3n) is 3.01. The van der Waals surface area contributed by atoms with Crippen LogP contribution in [0.2, 0.25) is 5.02 Å². The molecule has 2 heterocycles. The molecule has 0 amide bonds. The number of ether oxygens (including phenoxy) is 1. The first kappa shape index (κ1) is 9.31. The molecule has 0 aromatic heterocycles. The summed E-state index contributed by atoms with van der Waals surface area (Å²) < 4.78 is 5.71. The van der Waals surface area contributed by atoms with Gasteiger partial charge in [0.15, 0.2) is 0 Å². The lowest BCUT2D eigenvalue weighted by Gasteiger charge is -2.41. The zero-order chi connectivity index (χ0) is 10.3. The lowest BCUT2D eigenvalue weighted by molar-refractivity contribution is 0.247. The Labute approximate surface area is 94.0 Å². The summed E-state index contributed by atoms with van der Waals surface area (Å²) in [6.45, 7) is 3.84. The summed E-state index contributed by atoms with van der Waals surface area (Å²) in [6, 6.07) is 6.34. The van der Waals surface area contributed by atoms with E-state index in [4.69, 9.17) is 16.3 Å². The molecule has 15 heavy (non-hydrogen) atoms. The third-order valence-corrected chi connectivity index (χ3v) is 3.25. The number of benzene rings is 1. The Morgan fingerprint density at radius 1 is 1.47 bits per heavy atom. The van der Waals surface area contributed by atoms with Gasteiger partial charge in [-0.15, -0.1) is 0 Å². The molecule has 0 saturated carbocycles. The molecule has 2 aliphatic rings. The van der Waals surface area contributed by atoms with Crippen molar-refractivity contribution in [3.63, 3.8) is 0 Å². The van der Waals surface area contributed by atoms with Gasteiger partial charge in [-0.3, -0.25) is 0 Å². The van der Waals surface area contributed by atoms with E-state index >= 15 is 0 Å². The Hall–Kier alpha value is -0.930. The zero-order valence-corrected chi connectivity index (χ0v) is 9.13. The van der Waals surface area contributed by atoms with Crippen LogP contribution in [0.4, 0.5) is 5.69 Å². The van der Waals surface area contributed by atoms with Crippen molar-refractivity contribution in [3.8, 4) is 5.75 Å². The topological polar surface area (TPSA) is 24.5 Å². The highest BCUT2D eigenvalue weighted by atomic mass is 35.5. The van der Waals surface area contributed by atoms with Gasteiger partial charge in [-0.05, 0) is 12.1 Å². The van der Waals surface area contributed by atoms with Crippen molar-refractivity contribution >= 4 is 17.3 Å².